The van der Waals surface area contributed by atoms with Crippen molar-refractivity contribution in [2.24, 2.45) is 0 Å². The van der Waals surface area contributed by atoms with Crippen molar-refractivity contribution in [2.75, 3.05) is 71.4 Å². The molecule has 0 saturated carbocycles. The zero-order valence-corrected chi connectivity index (χ0v) is 14.7. The predicted molar refractivity (Wildman–Crippen MR) is 90.2 cm³/mol. The Kier molecular flexibility index (Phi) is 4.86. The highest BCUT2D eigenvalue weighted by Gasteiger charge is 2.28. The number of aromatic nitrogens is 1. The number of likely N-dealkylation sites (N-methyl/N-ethyl adjacent to an activating group) is 2. The first-order chi connectivity index (χ1) is 11.0. The Hall–Kier alpha value is -1.22. The van der Waals surface area contributed by atoms with E-state index in [1.54, 1.807) is 10.4 Å². The first-order valence-corrected chi connectivity index (χ1v) is 9.49. The summed E-state index contributed by atoms with van der Waals surface area (Å²) in [5.41, 5.74) is 0. The van der Waals surface area contributed by atoms with Crippen molar-refractivity contribution in [1.29, 1.82) is 0 Å². The normalized spacial score (nSPS) is 22.4. The Morgan fingerprint density at radius 3 is 1.96 bits per heavy atom. The number of nitrogens with zero attached hydrogens (tertiary/aromatic N) is 5. The number of pyridine rings is 1. The second kappa shape index (κ2) is 6.72. The average molecular weight is 339 g/mol. The van der Waals surface area contributed by atoms with Gasteiger partial charge in [0.15, 0.2) is 0 Å². The molecule has 0 N–H and O–H groups in total. The minimum absolute atomic E-state index is 0.292. The highest BCUT2D eigenvalue weighted by atomic mass is 32.2. The van der Waals surface area contributed by atoms with Gasteiger partial charge in [-0.25, -0.2) is 13.4 Å². The second-order valence-electron chi connectivity index (χ2n) is 6.35. The van der Waals surface area contributed by atoms with Crippen LogP contribution in [0.2, 0.25) is 0 Å². The lowest BCUT2D eigenvalue weighted by Crippen LogP contribution is -2.47. The molecule has 1 aromatic rings. The first kappa shape index (κ1) is 16.6. The molecule has 2 aliphatic rings. The van der Waals surface area contributed by atoms with Gasteiger partial charge in [0.25, 0.3) is 0 Å². The van der Waals surface area contributed by atoms with Gasteiger partial charge in [0, 0.05) is 58.6 Å². The molecular formula is C15H25N5O2S. The molecule has 2 saturated heterocycles. The van der Waals surface area contributed by atoms with E-state index >= 15 is 0 Å². The fraction of sp³-hybridized carbons (Fsp3) is 0.667. The summed E-state index contributed by atoms with van der Waals surface area (Å²) in [6.07, 6.45) is 1.50. The van der Waals surface area contributed by atoms with Gasteiger partial charge in [-0.3, -0.25) is 0 Å². The summed E-state index contributed by atoms with van der Waals surface area (Å²) < 4.78 is 26.9. The van der Waals surface area contributed by atoms with Crippen molar-refractivity contribution in [3.8, 4) is 0 Å². The molecule has 0 spiro atoms. The summed E-state index contributed by atoms with van der Waals surface area (Å²) in [6.45, 7) is 6.48. The van der Waals surface area contributed by atoms with Crippen molar-refractivity contribution in [3.05, 3.63) is 18.3 Å². The Morgan fingerprint density at radius 1 is 0.870 bits per heavy atom. The largest absolute Gasteiger partial charge is 0.354 e. The summed E-state index contributed by atoms with van der Waals surface area (Å²) in [6, 6.07) is 3.52. The number of hydrogen-bond acceptors (Lipinski definition) is 6. The van der Waals surface area contributed by atoms with E-state index in [0.717, 1.165) is 45.1 Å². The lowest BCUT2D eigenvalue weighted by Gasteiger charge is -2.33. The van der Waals surface area contributed by atoms with Gasteiger partial charge < -0.3 is 14.7 Å². The highest BCUT2D eigenvalue weighted by molar-refractivity contribution is 7.89. The van der Waals surface area contributed by atoms with Crippen LogP contribution in [0.4, 0.5) is 5.82 Å². The van der Waals surface area contributed by atoms with Crippen LogP contribution in [0.5, 0.6) is 0 Å². The maximum atomic E-state index is 12.7. The van der Waals surface area contributed by atoms with Gasteiger partial charge >= 0.3 is 0 Å². The number of sulfonamides is 1. The third-order valence-corrected chi connectivity index (χ3v) is 6.53. The highest BCUT2D eigenvalue weighted by Crippen LogP contribution is 2.20. The summed E-state index contributed by atoms with van der Waals surface area (Å²) in [5, 5.41) is 0. The van der Waals surface area contributed by atoms with Crippen LogP contribution in [0.15, 0.2) is 23.2 Å². The smallest absolute Gasteiger partial charge is 0.244 e. The van der Waals surface area contributed by atoms with Crippen molar-refractivity contribution in [1.82, 2.24) is 19.1 Å². The zero-order chi connectivity index (χ0) is 16.4. The van der Waals surface area contributed by atoms with E-state index in [2.05, 4.69) is 26.7 Å². The molecule has 2 fully saturated rings. The van der Waals surface area contributed by atoms with E-state index in [4.69, 9.17) is 0 Å². The van der Waals surface area contributed by atoms with Gasteiger partial charge in [-0.05, 0) is 26.2 Å². The Morgan fingerprint density at radius 2 is 1.43 bits per heavy atom. The van der Waals surface area contributed by atoms with Gasteiger partial charge in [-0.15, -0.1) is 0 Å². The van der Waals surface area contributed by atoms with Gasteiger partial charge in [-0.1, -0.05) is 0 Å². The van der Waals surface area contributed by atoms with Crippen LogP contribution in [0, 0.1) is 0 Å². The lowest BCUT2D eigenvalue weighted by atomic mass is 10.3. The quantitative estimate of drug-likeness (QED) is 0.758. The molecule has 0 radical (unpaired) electrons. The summed E-state index contributed by atoms with van der Waals surface area (Å²) in [5.74, 6) is 0.857. The fourth-order valence-corrected chi connectivity index (χ4v) is 4.29. The SMILES string of the molecule is CN1CCN(c2ccc(S(=O)(=O)N3CCN(C)CC3)cn2)CC1. The van der Waals surface area contributed by atoms with E-state index in [0.29, 0.717) is 18.0 Å². The van der Waals surface area contributed by atoms with Crippen molar-refractivity contribution < 1.29 is 8.42 Å². The van der Waals surface area contributed by atoms with Crippen LogP contribution in [0.25, 0.3) is 0 Å². The molecule has 1 aromatic heterocycles. The van der Waals surface area contributed by atoms with E-state index in [-0.39, 0.29) is 0 Å². The molecule has 0 amide bonds. The fourth-order valence-electron chi connectivity index (χ4n) is 2.93. The monoisotopic (exact) mass is 339 g/mol. The van der Waals surface area contributed by atoms with Crippen LogP contribution in [0.1, 0.15) is 0 Å². The van der Waals surface area contributed by atoms with Crippen molar-refractivity contribution >= 4 is 15.8 Å². The van der Waals surface area contributed by atoms with Crippen LogP contribution in [-0.4, -0.2) is 94.0 Å². The number of anilines is 1. The number of rotatable bonds is 3. The minimum Gasteiger partial charge on any atom is -0.354 e. The standard InChI is InChI=1S/C15H25N5O2S/c1-17-5-9-19(10-6-17)15-4-3-14(13-16-15)23(21,22)20-11-7-18(2)8-12-20/h3-4,13H,5-12H2,1-2H3. The van der Waals surface area contributed by atoms with E-state index in [1.165, 1.54) is 6.20 Å². The van der Waals surface area contributed by atoms with Gasteiger partial charge in [0.1, 0.15) is 10.7 Å². The van der Waals surface area contributed by atoms with Crippen LogP contribution >= 0.6 is 0 Å². The average Bonchev–Trinajstić information content (AvgIpc) is 2.56. The zero-order valence-electron chi connectivity index (χ0n) is 13.8. The molecule has 0 aliphatic carbocycles. The molecular weight excluding hydrogens is 314 g/mol. The van der Waals surface area contributed by atoms with Crippen molar-refractivity contribution in [2.45, 2.75) is 4.90 Å². The van der Waals surface area contributed by atoms with Crippen molar-refractivity contribution in [3.63, 3.8) is 0 Å². The molecule has 0 aromatic carbocycles. The molecule has 128 valence electrons. The molecule has 3 heterocycles. The molecule has 0 unspecified atom stereocenters. The third kappa shape index (κ3) is 3.65. The van der Waals surface area contributed by atoms with E-state index in [9.17, 15) is 8.42 Å². The maximum absolute atomic E-state index is 12.7. The second-order valence-corrected chi connectivity index (χ2v) is 8.29. The van der Waals surface area contributed by atoms with E-state index in [1.807, 2.05) is 13.1 Å². The molecule has 23 heavy (non-hydrogen) atoms. The topological polar surface area (TPSA) is 60.0 Å². The summed E-state index contributed by atoms with van der Waals surface area (Å²) >= 11 is 0. The first-order valence-electron chi connectivity index (χ1n) is 8.05. The molecule has 0 bridgehead atoms. The Bertz CT molecular complexity index is 618. The Balaban J connectivity index is 1.71. The number of hydrogen-bond donors (Lipinski definition) is 0. The van der Waals surface area contributed by atoms with E-state index < -0.39 is 10.0 Å². The molecule has 3 rings (SSSR count). The molecule has 0 atom stereocenters. The molecule has 8 heteroatoms. The predicted octanol–water partition coefficient (Wildman–Crippen LogP) is -0.230. The van der Waals surface area contributed by atoms with Gasteiger partial charge in [0.2, 0.25) is 10.0 Å². The van der Waals surface area contributed by atoms with Crippen LogP contribution in [-0.2, 0) is 10.0 Å². The lowest BCUT2D eigenvalue weighted by molar-refractivity contribution is 0.222. The molecule has 7 nitrogen and oxygen atoms in total. The van der Waals surface area contributed by atoms with Gasteiger partial charge in [-0.2, -0.15) is 4.31 Å². The van der Waals surface area contributed by atoms with Crippen LogP contribution in [0.3, 0.4) is 0 Å². The third-order valence-electron chi connectivity index (χ3n) is 4.65. The number of piperazine rings is 2. The maximum Gasteiger partial charge on any atom is 0.244 e. The molecule has 2 aliphatic heterocycles. The summed E-state index contributed by atoms with van der Waals surface area (Å²) in [4.78, 5) is 11.3. The van der Waals surface area contributed by atoms with Gasteiger partial charge in [0.05, 0.1) is 0 Å². The Labute approximate surface area is 138 Å². The summed E-state index contributed by atoms with van der Waals surface area (Å²) in [7, 11) is 0.694. The minimum atomic E-state index is -3.42. The van der Waals surface area contributed by atoms with Crippen LogP contribution < -0.4 is 4.90 Å².